The van der Waals surface area contributed by atoms with E-state index in [9.17, 15) is 0 Å². The Labute approximate surface area is 289 Å². The Bertz CT molecular complexity index is 2200. The Morgan fingerprint density at radius 2 is 1.41 bits per heavy atom. The normalized spacial score (nSPS) is 12.8. The fourth-order valence-corrected chi connectivity index (χ4v) is 6.73. The Hall–Kier alpha value is -5.36. The van der Waals surface area contributed by atoms with E-state index in [0.29, 0.717) is 11.8 Å². The van der Waals surface area contributed by atoms with Gasteiger partial charge in [0.25, 0.3) is 0 Å². The molecule has 0 aliphatic heterocycles. The molecule has 3 aromatic heterocycles. The highest BCUT2D eigenvalue weighted by molar-refractivity contribution is 6.09. The predicted octanol–water partition coefficient (Wildman–Crippen LogP) is 11.0. The van der Waals surface area contributed by atoms with E-state index in [1.165, 1.54) is 16.7 Å². The standard InChI is InChI=1S/C43H44N4O2/c1-6-29(3)22-31-12-10-13-32(23-30(4)7-2)43(31)33-27-45-46(28-33)34-14-11-15-36(24-34)49-37-18-19-39-38-16-8-9-17-40(38)47(41(39)25-37)42-26-35(48-5)20-21-44-42/h8-21,24-30H,6-7,22-23H2,1-5H3. The topological polar surface area (TPSA) is 54.1 Å². The molecular formula is C43H44N4O2. The molecule has 6 heteroatoms. The van der Waals surface area contributed by atoms with Crippen LogP contribution < -0.4 is 9.47 Å². The van der Waals surface area contributed by atoms with Gasteiger partial charge in [-0.3, -0.25) is 4.57 Å². The molecule has 7 aromatic rings. The van der Waals surface area contributed by atoms with Gasteiger partial charge in [0, 0.05) is 46.9 Å². The molecule has 3 heterocycles. The Morgan fingerprint density at radius 3 is 2.16 bits per heavy atom. The first kappa shape index (κ1) is 32.2. The lowest BCUT2D eigenvalue weighted by Gasteiger charge is -2.18. The molecule has 0 fully saturated rings. The SMILES string of the molecule is CCC(C)Cc1cccc(CC(C)CC)c1-c1cnn(-c2cccc(Oc3ccc4c5ccccc5n(-c5cc(OC)ccn5)c4c3)c2)c1. The number of ether oxygens (including phenoxy) is 2. The first-order valence-corrected chi connectivity index (χ1v) is 17.4. The number of fused-ring (bicyclic) bond motifs is 3. The zero-order chi connectivity index (χ0) is 33.9. The summed E-state index contributed by atoms with van der Waals surface area (Å²) in [5, 5.41) is 7.14. The minimum Gasteiger partial charge on any atom is -0.497 e. The quantitative estimate of drug-likeness (QED) is 0.132. The number of hydrogen-bond acceptors (Lipinski definition) is 4. The molecule has 7 rings (SSSR count). The van der Waals surface area contributed by atoms with Gasteiger partial charge in [-0.15, -0.1) is 0 Å². The van der Waals surface area contributed by atoms with Crippen molar-refractivity contribution in [3.63, 3.8) is 0 Å². The summed E-state index contributed by atoms with van der Waals surface area (Å²) in [7, 11) is 1.67. The molecule has 0 aliphatic carbocycles. The second-order valence-electron chi connectivity index (χ2n) is 13.2. The fraction of sp³-hybridized carbons (Fsp3) is 0.256. The van der Waals surface area contributed by atoms with Crippen LogP contribution in [0.3, 0.4) is 0 Å². The van der Waals surface area contributed by atoms with Crippen molar-refractivity contribution >= 4 is 21.8 Å². The molecule has 0 spiro atoms. The summed E-state index contributed by atoms with van der Waals surface area (Å²) in [5.74, 6) is 4.27. The largest absolute Gasteiger partial charge is 0.497 e. The average Bonchev–Trinajstić information content (AvgIpc) is 3.75. The van der Waals surface area contributed by atoms with Gasteiger partial charge in [-0.25, -0.2) is 9.67 Å². The van der Waals surface area contributed by atoms with Gasteiger partial charge in [0.1, 0.15) is 23.1 Å². The van der Waals surface area contributed by atoms with Gasteiger partial charge in [-0.05, 0) is 77.8 Å². The maximum Gasteiger partial charge on any atom is 0.141 e. The molecule has 248 valence electrons. The third-order valence-electron chi connectivity index (χ3n) is 9.78. The monoisotopic (exact) mass is 648 g/mol. The Morgan fingerprint density at radius 1 is 0.694 bits per heavy atom. The van der Waals surface area contributed by atoms with E-state index < -0.39 is 0 Å². The van der Waals surface area contributed by atoms with Gasteiger partial charge < -0.3 is 9.47 Å². The van der Waals surface area contributed by atoms with Crippen LogP contribution in [0.4, 0.5) is 0 Å². The molecule has 0 saturated heterocycles. The lowest BCUT2D eigenvalue weighted by Crippen LogP contribution is -2.05. The number of methoxy groups -OCH3 is 1. The van der Waals surface area contributed by atoms with Crippen molar-refractivity contribution in [1.29, 1.82) is 0 Å². The highest BCUT2D eigenvalue weighted by atomic mass is 16.5. The van der Waals surface area contributed by atoms with Crippen LogP contribution in [-0.2, 0) is 12.8 Å². The van der Waals surface area contributed by atoms with Crippen LogP contribution in [0.2, 0.25) is 0 Å². The minimum atomic E-state index is 0.619. The number of rotatable bonds is 12. The summed E-state index contributed by atoms with van der Waals surface area (Å²) in [6.07, 6.45) is 10.4. The Kier molecular flexibility index (Phi) is 9.21. The van der Waals surface area contributed by atoms with Gasteiger partial charge in [-0.2, -0.15) is 5.10 Å². The van der Waals surface area contributed by atoms with Crippen molar-refractivity contribution in [2.45, 2.75) is 53.4 Å². The summed E-state index contributed by atoms with van der Waals surface area (Å²) < 4.78 is 16.2. The van der Waals surface area contributed by atoms with E-state index >= 15 is 0 Å². The van der Waals surface area contributed by atoms with Gasteiger partial charge in [-0.1, -0.05) is 83.0 Å². The molecule has 0 bridgehead atoms. The van der Waals surface area contributed by atoms with Crippen LogP contribution in [-0.4, -0.2) is 26.4 Å². The van der Waals surface area contributed by atoms with E-state index in [2.05, 4.69) is 99.1 Å². The van der Waals surface area contributed by atoms with Gasteiger partial charge in [0.05, 0.1) is 30.0 Å². The molecule has 6 nitrogen and oxygen atoms in total. The van der Waals surface area contributed by atoms with Crippen molar-refractivity contribution in [1.82, 2.24) is 19.3 Å². The summed E-state index contributed by atoms with van der Waals surface area (Å²) in [6.45, 7) is 9.23. The first-order chi connectivity index (χ1) is 23.9. The number of para-hydroxylation sites is 1. The van der Waals surface area contributed by atoms with Gasteiger partial charge in [0.15, 0.2) is 0 Å². The summed E-state index contributed by atoms with van der Waals surface area (Å²) in [5.41, 5.74) is 8.35. The molecule has 49 heavy (non-hydrogen) atoms. The minimum absolute atomic E-state index is 0.619. The third kappa shape index (κ3) is 6.56. The van der Waals surface area contributed by atoms with Crippen LogP contribution in [0.25, 0.3) is 44.4 Å². The summed E-state index contributed by atoms with van der Waals surface area (Å²) >= 11 is 0. The van der Waals surface area contributed by atoms with E-state index in [4.69, 9.17) is 19.6 Å². The lowest BCUT2D eigenvalue weighted by molar-refractivity contribution is 0.414. The number of hydrogen-bond donors (Lipinski definition) is 0. The zero-order valence-electron chi connectivity index (χ0n) is 29.1. The maximum absolute atomic E-state index is 6.52. The highest BCUT2D eigenvalue weighted by Crippen LogP contribution is 2.36. The first-order valence-electron chi connectivity index (χ1n) is 17.4. The predicted molar refractivity (Wildman–Crippen MR) is 201 cm³/mol. The maximum atomic E-state index is 6.52. The van der Waals surface area contributed by atoms with Crippen molar-refractivity contribution in [2.75, 3.05) is 7.11 Å². The number of aromatic nitrogens is 4. The molecule has 2 unspecified atom stereocenters. The molecule has 2 atom stereocenters. The molecule has 4 aromatic carbocycles. The smallest absolute Gasteiger partial charge is 0.141 e. The summed E-state index contributed by atoms with van der Waals surface area (Å²) in [4.78, 5) is 4.69. The molecule has 0 saturated carbocycles. The molecular weight excluding hydrogens is 604 g/mol. The van der Waals surface area contributed by atoms with Crippen molar-refractivity contribution in [2.24, 2.45) is 11.8 Å². The van der Waals surface area contributed by atoms with Crippen LogP contribution in [0.5, 0.6) is 17.2 Å². The van der Waals surface area contributed by atoms with Crippen LogP contribution in [0.1, 0.15) is 51.7 Å². The molecule has 0 amide bonds. The van der Waals surface area contributed by atoms with Crippen LogP contribution in [0, 0.1) is 11.8 Å². The van der Waals surface area contributed by atoms with E-state index in [-0.39, 0.29) is 0 Å². The molecule has 0 aliphatic rings. The second kappa shape index (κ2) is 14.0. The third-order valence-corrected chi connectivity index (χ3v) is 9.78. The highest BCUT2D eigenvalue weighted by Gasteiger charge is 2.18. The lowest BCUT2D eigenvalue weighted by atomic mass is 9.86. The fourth-order valence-electron chi connectivity index (χ4n) is 6.73. The molecule has 0 radical (unpaired) electrons. The van der Waals surface area contributed by atoms with Crippen molar-refractivity contribution in [3.05, 3.63) is 127 Å². The van der Waals surface area contributed by atoms with Crippen molar-refractivity contribution < 1.29 is 9.47 Å². The average molecular weight is 649 g/mol. The van der Waals surface area contributed by atoms with E-state index in [1.54, 1.807) is 13.3 Å². The molecule has 0 N–H and O–H groups in total. The van der Waals surface area contributed by atoms with Gasteiger partial charge in [0.2, 0.25) is 0 Å². The summed E-state index contributed by atoms with van der Waals surface area (Å²) in [6, 6.07) is 33.4. The van der Waals surface area contributed by atoms with Gasteiger partial charge >= 0.3 is 0 Å². The number of pyridine rings is 1. The van der Waals surface area contributed by atoms with Crippen molar-refractivity contribution in [3.8, 4) is 39.9 Å². The van der Waals surface area contributed by atoms with Crippen LogP contribution in [0.15, 0.2) is 116 Å². The van der Waals surface area contributed by atoms with E-state index in [1.807, 2.05) is 47.3 Å². The zero-order valence-corrected chi connectivity index (χ0v) is 29.1. The van der Waals surface area contributed by atoms with E-state index in [0.717, 1.165) is 81.8 Å². The number of benzene rings is 4. The Balaban J connectivity index is 1.22. The second-order valence-corrected chi connectivity index (χ2v) is 13.2. The number of nitrogens with zero attached hydrogens (tertiary/aromatic N) is 4. The van der Waals surface area contributed by atoms with Crippen LogP contribution >= 0.6 is 0 Å².